The van der Waals surface area contributed by atoms with Crippen LogP contribution in [0.15, 0.2) is 0 Å². The van der Waals surface area contributed by atoms with Crippen molar-refractivity contribution in [2.24, 2.45) is 0 Å². The Hall–Kier alpha value is -0.200. The Morgan fingerprint density at radius 2 is 1.31 bits per heavy atom. The van der Waals surface area contributed by atoms with Crippen molar-refractivity contribution in [2.75, 3.05) is 65.5 Å². The van der Waals surface area contributed by atoms with Crippen LogP contribution < -0.4 is 16.0 Å². The summed E-state index contributed by atoms with van der Waals surface area (Å²) < 4.78 is 0. The smallest absolute Gasteiger partial charge is 0.0443 e. The summed E-state index contributed by atoms with van der Waals surface area (Å²) in [6.45, 7) is 9.65. The maximum absolute atomic E-state index is 8.84. The third kappa shape index (κ3) is 7.14. The van der Waals surface area contributed by atoms with Crippen molar-refractivity contribution >= 4 is 0 Å². The van der Waals surface area contributed by atoms with Crippen LogP contribution in [0.25, 0.3) is 0 Å². The molecular formula is C11H26N4O. The first-order chi connectivity index (χ1) is 7.93. The van der Waals surface area contributed by atoms with Crippen molar-refractivity contribution < 1.29 is 5.11 Å². The summed E-state index contributed by atoms with van der Waals surface area (Å²) in [5.74, 6) is 0. The van der Waals surface area contributed by atoms with Crippen molar-refractivity contribution in [1.29, 1.82) is 0 Å². The Morgan fingerprint density at radius 1 is 0.812 bits per heavy atom. The Kier molecular flexibility index (Phi) is 8.65. The van der Waals surface area contributed by atoms with E-state index in [1.807, 2.05) is 0 Å². The third-order valence-electron chi connectivity index (χ3n) is 2.80. The van der Waals surface area contributed by atoms with Crippen LogP contribution in [0.1, 0.15) is 6.42 Å². The first-order valence-electron chi connectivity index (χ1n) is 6.39. The highest BCUT2D eigenvalue weighted by molar-refractivity contribution is 4.64. The normalized spacial score (nSPS) is 22.3. The molecule has 0 amide bonds. The van der Waals surface area contributed by atoms with E-state index in [0.717, 1.165) is 65.3 Å². The Labute approximate surface area is 98.6 Å². The quantitative estimate of drug-likeness (QED) is 0.473. The predicted molar refractivity (Wildman–Crippen MR) is 66.8 cm³/mol. The van der Waals surface area contributed by atoms with Gasteiger partial charge in [-0.15, -0.1) is 0 Å². The van der Waals surface area contributed by atoms with Gasteiger partial charge in [-0.05, 0) is 6.42 Å². The molecule has 0 aliphatic carbocycles. The second kappa shape index (κ2) is 9.99. The topological polar surface area (TPSA) is 59.6 Å². The average Bonchev–Trinajstić information content (AvgIpc) is 2.28. The van der Waals surface area contributed by atoms with E-state index in [1.54, 1.807) is 0 Å². The number of hydrogen-bond acceptors (Lipinski definition) is 5. The summed E-state index contributed by atoms with van der Waals surface area (Å²) >= 11 is 0. The van der Waals surface area contributed by atoms with Crippen LogP contribution in [0.5, 0.6) is 0 Å². The second-order valence-electron chi connectivity index (χ2n) is 4.17. The van der Waals surface area contributed by atoms with Gasteiger partial charge in [0.2, 0.25) is 0 Å². The molecule has 0 aromatic carbocycles. The maximum atomic E-state index is 8.84. The Balaban J connectivity index is 2.19. The molecule has 5 heteroatoms. The van der Waals surface area contributed by atoms with Gasteiger partial charge >= 0.3 is 0 Å². The van der Waals surface area contributed by atoms with E-state index in [2.05, 4.69) is 20.9 Å². The van der Waals surface area contributed by atoms with Crippen LogP contribution in [0.2, 0.25) is 0 Å². The first-order valence-corrected chi connectivity index (χ1v) is 6.39. The summed E-state index contributed by atoms with van der Waals surface area (Å²) in [5.41, 5.74) is 0. The fraction of sp³-hybridized carbons (Fsp3) is 1.00. The molecule has 1 saturated heterocycles. The van der Waals surface area contributed by atoms with Crippen LogP contribution in [-0.4, -0.2) is 75.5 Å². The van der Waals surface area contributed by atoms with E-state index in [4.69, 9.17) is 5.11 Å². The van der Waals surface area contributed by atoms with Crippen LogP contribution in [0, 0.1) is 0 Å². The zero-order valence-corrected chi connectivity index (χ0v) is 10.2. The average molecular weight is 230 g/mol. The first kappa shape index (κ1) is 13.9. The highest BCUT2D eigenvalue weighted by Crippen LogP contribution is 1.90. The minimum absolute atomic E-state index is 0.293. The molecule has 1 fully saturated rings. The van der Waals surface area contributed by atoms with E-state index in [-0.39, 0.29) is 0 Å². The summed E-state index contributed by atoms with van der Waals surface area (Å²) in [5, 5.41) is 19.1. The molecule has 1 aliphatic heterocycles. The molecule has 0 radical (unpaired) electrons. The second-order valence-corrected chi connectivity index (χ2v) is 4.17. The van der Waals surface area contributed by atoms with Crippen LogP contribution in [0.4, 0.5) is 0 Å². The molecule has 0 bridgehead atoms. The molecule has 4 N–H and O–H groups in total. The van der Waals surface area contributed by atoms with Gasteiger partial charge in [0.25, 0.3) is 0 Å². The van der Waals surface area contributed by atoms with Crippen molar-refractivity contribution in [3.63, 3.8) is 0 Å². The van der Waals surface area contributed by atoms with Crippen molar-refractivity contribution in [3.8, 4) is 0 Å². The molecule has 0 spiro atoms. The molecule has 1 heterocycles. The third-order valence-corrected chi connectivity index (χ3v) is 2.80. The molecule has 0 saturated carbocycles. The minimum atomic E-state index is 0.293. The predicted octanol–water partition coefficient (Wildman–Crippen LogP) is -1.55. The molecule has 0 aromatic rings. The van der Waals surface area contributed by atoms with Crippen molar-refractivity contribution in [3.05, 3.63) is 0 Å². The Morgan fingerprint density at radius 3 is 1.81 bits per heavy atom. The van der Waals surface area contributed by atoms with Gasteiger partial charge < -0.3 is 26.0 Å². The maximum Gasteiger partial charge on any atom is 0.0443 e. The lowest BCUT2D eigenvalue weighted by Crippen LogP contribution is -2.42. The van der Waals surface area contributed by atoms with Crippen LogP contribution in [0.3, 0.4) is 0 Å². The van der Waals surface area contributed by atoms with Crippen LogP contribution >= 0.6 is 0 Å². The number of nitrogens with zero attached hydrogens (tertiary/aromatic N) is 1. The van der Waals surface area contributed by atoms with Gasteiger partial charge in [0.05, 0.1) is 0 Å². The molecule has 0 aromatic heterocycles. The number of aliphatic hydroxyl groups excluding tert-OH is 1. The van der Waals surface area contributed by atoms with Gasteiger partial charge in [-0.3, -0.25) is 0 Å². The molecule has 96 valence electrons. The molecule has 1 aliphatic rings. The SMILES string of the molecule is OCCCN1CCNCCNCCNCC1. The molecule has 5 nitrogen and oxygen atoms in total. The van der Waals surface area contributed by atoms with Gasteiger partial charge in [-0.25, -0.2) is 0 Å². The molecule has 16 heavy (non-hydrogen) atoms. The number of rotatable bonds is 3. The molecule has 0 unspecified atom stereocenters. The Bertz CT molecular complexity index is 145. The summed E-state index contributed by atoms with van der Waals surface area (Å²) in [6, 6.07) is 0. The van der Waals surface area contributed by atoms with Crippen molar-refractivity contribution in [2.45, 2.75) is 6.42 Å². The lowest BCUT2D eigenvalue weighted by atomic mass is 10.3. The van der Waals surface area contributed by atoms with Gasteiger partial charge in [-0.1, -0.05) is 0 Å². The van der Waals surface area contributed by atoms with E-state index >= 15 is 0 Å². The molecular weight excluding hydrogens is 204 g/mol. The molecule has 1 rings (SSSR count). The van der Waals surface area contributed by atoms with Crippen molar-refractivity contribution in [1.82, 2.24) is 20.9 Å². The number of hydrogen-bond donors (Lipinski definition) is 4. The van der Waals surface area contributed by atoms with E-state index in [0.29, 0.717) is 6.61 Å². The summed E-state index contributed by atoms with van der Waals surface area (Å²) in [4.78, 5) is 2.41. The summed E-state index contributed by atoms with van der Waals surface area (Å²) in [6.07, 6.45) is 0.877. The van der Waals surface area contributed by atoms with Gasteiger partial charge in [0, 0.05) is 65.5 Å². The number of aliphatic hydroxyl groups is 1. The highest BCUT2D eigenvalue weighted by Gasteiger charge is 2.04. The van der Waals surface area contributed by atoms with Gasteiger partial charge in [-0.2, -0.15) is 0 Å². The lowest BCUT2D eigenvalue weighted by Gasteiger charge is -2.23. The van der Waals surface area contributed by atoms with E-state index in [1.165, 1.54) is 0 Å². The molecule has 0 atom stereocenters. The minimum Gasteiger partial charge on any atom is -0.396 e. The van der Waals surface area contributed by atoms with Gasteiger partial charge in [0.1, 0.15) is 0 Å². The zero-order valence-electron chi connectivity index (χ0n) is 10.2. The standard InChI is InChI=1S/C11H26N4O/c16-11-1-8-15-9-6-13-4-2-12-3-5-14-7-10-15/h12-14,16H,1-11H2. The zero-order chi connectivity index (χ0) is 11.5. The monoisotopic (exact) mass is 230 g/mol. The highest BCUT2D eigenvalue weighted by atomic mass is 16.3. The van der Waals surface area contributed by atoms with E-state index < -0.39 is 0 Å². The lowest BCUT2D eigenvalue weighted by molar-refractivity contribution is 0.223. The fourth-order valence-corrected chi connectivity index (χ4v) is 1.83. The van der Waals surface area contributed by atoms with Crippen LogP contribution in [-0.2, 0) is 0 Å². The van der Waals surface area contributed by atoms with E-state index in [9.17, 15) is 0 Å². The largest absolute Gasteiger partial charge is 0.396 e. The fourth-order valence-electron chi connectivity index (χ4n) is 1.83. The number of nitrogens with one attached hydrogen (secondary N) is 3. The van der Waals surface area contributed by atoms with Gasteiger partial charge in [0.15, 0.2) is 0 Å². The summed E-state index contributed by atoms with van der Waals surface area (Å²) in [7, 11) is 0.